The zero-order valence-corrected chi connectivity index (χ0v) is 13.7. The highest BCUT2D eigenvalue weighted by atomic mass is 16.5. The van der Waals surface area contributed by atoms with Gasteiger partial charge in [-0.1, -0.05) is 0 Å². The summed E-state index contributed by atoms with van der Waals surface area (Å²) in [6.07, 6.45) is 2.15. The standard InChI is InChI=1S/C17H26N2O4/c1-21-6-4-19-9-14-12-22-11-13(16(14)10-19)7-17(20)18-8-15-3-2-5-23-15/h2-3,5,13-14,16H,4,6-12H2,1H3,(H,18,20)/t13-,14-,16+/m1/s1. The fourth-order valence-electron chi connectivity index (χ4n) is 3.72. The number of rotatable bonds is 7. The number of hydrogen-bond acceptors (Lipinski definition) is 5. The van der Waals surface area contributed by atoms with Gasteiger partial charge in [0.05, 0.1) is 32.6 Å². The second-order valence-electron chi connectivity index (χ2n) is 6.53. The monoisotopic (exact) mass is 322 g/mol. The van der Waals surface area contributed by atoms with Crippen molar-refractivity contribution in [2.24, 2.45) is 17.8 Å². The van der Waals surface area contributed by atoms with E-state index in [1.165, 1.54) is 0 Å². The van der Waals surface area contributed by atoms with Crippen LogP contribution < -0.4 is 5.32 Å². The number of carbonyl (C=O) groups is 1. The lowest BCUT2D eigenvalue weighted by molar-refractivity contribution is -0.124. The van der Waals surface area contributed by atoms with Crippen molar-refractivity contribution in [1.82, 2.24) is 10.2 Å². The largest absolute Gasteiger partial charge is 0.467 e. The third-order valence-electron chi connectivity index (χ3n) is 4.94. The first-order valence-electron chi connectivity index (χ1n) is 8.34. The third-order valence-corrected chi connectivity index (χ3v) is 4.94. The molecule has 2 fully saturated rings. The van der Waals surface area contributed by atoms with E-state index in [9.17, 15) is 4.79 Å². The first-order valence-corrected chi connectivity index (χ1v) is 8.34. The SMILES string of the molecule is COCCN1C[C@@H]2COC[C@@H](CC(=O)NCc3ccco3)[C@@H]2C1. The van der Waals surface area contributed by atoms with Gasteiger partial charge in [0.2, 0.25) is 5.91 Å². The average molecular weight is 322 g/mol. The molecule has 3 atom stereocenters. The average Bonchev–Trinajstić information content (AvgIpc) is 3.20. The number of nitrogens with zero attached hydrogens (tertiary/aromatic N) is 1. The highest BCUT2D eigenvalue weighted by Gasteiger charge is 2.41. The first-order chi connectivity index (χ1) is 11.3. The predicted molar refractivity (Wildman–Crippen MR) is 84.8 cm³/mol. The molecule has 3 rings (SSSR count). The van der Waals surface area contributed by atoms with Crippen LogP contribution in [-0.2, 0) is 20.8 Å². The van der Waals surface area contributed by atoms with Gasteiger partial charge in [0.15, 0.2) is 0 Å². The lowest BCUT2D eigenvalue weighted by atomic mass is 9.81. The van der Waals surface area contributed by atoms with Gasteiger partial charge in [-0.3, -0.25) is 4.79 Å². The zero-order chi connectivity index (χ0) is 16.1. The molecule has 6 nitrogen and oxygen atoms in total. The van der Waals surface area contributed by atoms with Crippen LogP contribution in [0.25, 0.3) is 0 Å². The van der Waals surface area contributed by atoms with Crippen molar-refractivity contribution in [3.05, 3.63) is 24.2 Å². The van der Waals surface area contributed by atoms with E-state index in [4.69, 9.17) is 13.9 Å². The Morgan fingerprint density at radius 2 is 2.35 bits per heavy atom. The summed E-state index contributed by atoms with van der Waals surface area (Å²) in [5.74, 6) is 2.25. The molecule has 3 heterocycles. The Bertz CT molecular complexity index is 491. The predicted octanol–water partition coefficient (Wildman–Crippen LogP) is 1.13. The molecule has 0 aromatic carbocycles. The molecule has 0 unspecified atom stereocenters. The number of amides is 1. The maximum Gasteiger partial charge on any atom is 0.220 e. The van der Waals surface area contributed by atoms with Crippen molar-refractivity contribution in [3.63, 3.8) is 0 Å². The molecule has 1 aromatic rings. The number of fused-ring (bicyclic) bond motifs is 1. The molecule has 2 aliphatic heterocycles. The van der Waals surface area contributed by atoms with Gasteiger partial charge in [-0.25, -0.2) is 0 Å². The number of ether oxygens (including phenoxy) is 2. The topological polar surface area (TPSA) is 63.9 Å². The van der Waals surface area contributed by atoms with Gasteiger partial charge in [0, 0.05) is 33.2 Å². The minimum Gasteiger partial charge on any atom is -0.467 e. The third kappa shape index (κ3) is 4.34. The van der Waals surface area contributed by atoms with E-state index in [-0.39, 0.29) is 5.91 Å². The van der Waals surface area contributed by atoms with Gasteiger partial charge in [0.1, 0.15) is 5.76 Å². The van der Waals surface area contributed by atoms with Crippen molar-refractivity contribution < 1.29 is 18.7 Å². The molecular weight excluding hydrogens is 296 g/mol. The molecule has 0 saturated carbocycles. The quantitative estimate of drug-likeness (QED) is 0.815. The molecular formula is C17H26N2O4. The van der Waals surface area contributed by atoms with Crippen LogP contribution in [-0.4, -0.2) is 57.4 Å². The van der Waals surface area contributed by atoms with E-state index in [0.717, 1.165) is 38.6 Å². The Hall–Kier alpha value is -1.37. The Kier molecular flexibility index (Phi) is 5.70. The van der Waals surface area contributed by atoms with Crippen LogP contribution in [0, 0.1) is 17.8 Å². The smallest absolute Gasteiger partial charge is 0.220 e. The maximum atomic E-state index is 12.2. The van der Waals surface area contributed by atoms with Crippen LogP contribution in [0.5, 0.6) is 0 Å². The van der Waals surface area contributed by atoms with E-state index in [0.29, 0.717) is 37.3 Å². The van der Waals surface area contributed by atoms with Crippen LogP contribution in [0.15, 0.2) is 22.8 Å². The molecule has 128 valence electrons. The van der Waals surface area contributed by atoms with E-state index in [1.54, 1.807) is 13.4 Å². The zero-order valence-electron chi connectivity index (χ0n) is 13.7. The van der Waals surface area contributed by atoms with Crippen molar-refractivity contribution in [3.8, 4) is 0 Å². The van der Waals surface area contributed by atoms with Gasteiger partial charge < -0.3 is 24.1 Å². The van der Waals surface area contributed by atoms with Gasteiger partial charge in [-0.05, 0) is 29.9 Å². The molecule has 2 saturated heterocycles. The van der Waals surface area contributed by atoms with E-state index >= 15 is 0 Å². The number of furan rings is 1. The fourth-order valence-corrected chi connectivity index (χ4v) is 3.72. The number of nitrogens with one attached hydrogen (secondary N) is 1. The maximum absolute atomic E-state index is 12.2. The summed E-state index contributed by atoms with van der Waals surface area (Å²) in [5, 5.41) is 2.94. The summed E-state index contributed by atoms with van der Waals surface area (Å²) in [6.45, 7) is 5.78. The summed E-state index contributed by atoms with van der Waals surface area (Å²) in [4.78, 5) is 14.6. The number of likely N-dealkylation sites (tertiary alicyclic amines) is 1. The Morgan fingerprint density at radius 3 is 3.13 bits per heavy atom. The minimum absolute atomic E-state index is 0.0750. The number of methoxy groups -OCH3 is 1. The lowest BCUT2D eigenvalue weighted by Gasteiger charge is -2.32. The summed E-state index contributed by atoms with van der Waals surface area (Å²) < 4.78 is 16.2. The van der Waals surface area contributed by atoms with Crippen molar-refractivity contribution >= 4 is 5.91 Å². The summed E-state index contributed by atoms with van der Waals surface area (Å²) >= 11 is 0. The van der Waals surface area contributed by atoms with Crippen LogP contribution >= 0.6 is 0 Å². The summed E-state index contributed by atoms with van der Waals surface area (Å²) in [7, 11) is 1.73. The second-order valence-corrected chi connectivity index (χ2v) is 6.53. The molecule has 0 radical (unpaired) electrons. The van der Waals surface area contributed by atoms with Crippen LogP contribution in [0.2, 0.25) is 0 Å². The molecule has 6 heteroatoms. The Morgan fingerprint density at radius 1 is 1.43 bits per heavy atom. The molecule has 1 amide bonds. The second kappa shape index (κ2) is 7.95. The van der Waals surface area contributed by atoms with Crippen molar-refractivity contribution in [1.29, 1.82) is 0 Å². The highest BCUT2D eigenvalue weighted by molar-refractivity contribution is 5.76. The fraction of sp³-hybridized carbons (Fsp3) is 0.706. The molecule has 0 bridgehead atoms. The Balaban J connectivity index is 1.48. The molecule has 2 aliphatic rings. The summed E-state index contributed by atoms with van der Waals surface area (Å²) in [5.41, 5.74) is 0. The van der Waals surface area contributed by atoms with Gasteiger partial charge >= 0.3 is 0 Å². The van der Waals surface area contributed by atoms with Crippen LogP contribution in [0.3, 0.4) is 0 Å². The van der Waals surface area contributed by atoms with E-state index in [1.807, 2.05) is 12.1 Å². The molecule has 0 spiro atoms. The Labute approximate surface area is 137 Å². The molecule has 1 N–H and O–H groups in total. The van der Waals surface area contributed by atoms with Crippen molar-refractivity contribution in [2.45, 2.75) is 13.0 Å². The number of carbonyl (C=O) groups excluding carboxylic acids is 1. The molecule has 23 heavy (non-hydrogen) atoms. The van der Waals surface area contributed by atoms with E-state index < -0.39 is 0 Å². The number of hydrogen-bond donors (Lipinski definition) is 1. The van der Waals surface area contributed by atoms with E-state index in [2.05, 4.69) is 10.2 Å². The summed E-state index contributed by atoms with van der Waals surface area (Å²) in [6, 6.07) is 3.69. The van der Waals surface area contributed by atoms with Gasteiger partial charge in [0.25, 0.3) is 0 Å². The van der Waals surface area contributed by atoms with Gasteiger partial charge in [-0.2, -0.15) is 0 Å². The normalized spacial score (nSPS) is 27.8. The van der Waals surface area contributed by atoms with Crippen LogP contribution in [0.4, 0.5) is 0 Å². The molecule has 1 aromatic heterocycles. The lowest BCUT2D eigenvalue weighted by Crippen LogP contribution is -2.38. The molecule has 0 aliphatic carbocycles. The minimum atomic E-state index is 0.0750. The first kappa shape index (κ1) is 16.5. The van der Waals surface area contributed by atoms with Crippen LogP contribution in [0.1, 0.15) is 12.2 Å². The van der Waals surface area contributed by atoms with Crippen molar-refractivity contribution in [2.75, 3.05) is 46.6 Å². The highest BCUT2D eigenvalue weighted by Crippen LogP contribution is 2.35. The van der Waals surface area contributed by atoms with Gasteiger partial charge in [-0.15, -0.1) is 0 Å².